The number of halogens is 1. The van der Waals surface area contributed by atoms with E-state index in [1.165, 1.54) is 25.7 Å². The van der Waals surface area contributed by atoms with E-state index in [1.807, 2.05) is 18.2 Å². The van der Waals surface area contributed by atoms with Crippen LogP contribution < -0.4 is 11.1 Å². The van der Waals surface area contributed by atoms with Crippen molar-refractivity contribution in [1.82, 2.24) is 0 Å². The van der Waals surface area contributed by atoms with Crippen molar-refractivity contribution in [3.05, 3.63) is 28.8 Å². The van der Waals surface area contributed by atoms with Crippen molar-refractivity contribution in [3.8, 4) is 0 Å². The van der Waals surface area contributed by atoms with Crippen molar-refractivity contribution < 1.29 is 0 Å². The second-order valence-corrected chi connectivity index (χ2v) is 6.87. The van der Waals surface area contributed by atoms with Gasteiger partial charge < -0.3 is 11.1 Å². The molecule has 0 amide bonds. The molecule has 1 aromatic rings. The average molecular weight is 311 g/mol. The molecule has 2 nitrogen and oxygen atoms in total. The SMILES string of the molecule is CC(C)C1CCCCC1Nc1ccc(Cl)cc1C(N)=S. The third kappa shape index (κ3) is 3.64. The van der Waals surface area contributed by atoms with Crippen LogP contribution in [-0.2, 0) is 0 Å². The van der Waals surface area contributed by atoms with Crippen molar-refractivity contribution in [2.24, 2.45) is 17.6 Å². The largest absolute Gasteiger partial charge is 0.389 e. The minimum Gasteiger partial charge on any atom is -0.389 e. The van der Waals surface area contributed by atoms with Crippen LogP contribution in [0.1, 0.15) is 45.1 Å². The Bertz CT molecular complexity index is 487. The van der Waals surface area contributed by atoms with Crippen LogP contribution in [-0.4, -0.2) is 11.0 Å². The van der Waals surface area contributed by atoms with Crippen molar-refractivity contribution in [3.63, 3.8) is 0 Å². The zero-order chi connectivity index (χ0) is 14.7. The average Bonchev–Trinajstić information content (AvgIpc) is 2.41. The molecule has 110 valence electrons. The summed E-state index contributed by atoms with van der Waals surface area (Å²) in [5.41, 5.74) is 7.68. The molecule has 0 bridgehead atoms. The number of hydrogen-bond donors (Lipinski definition) is 2. The van der Waals surface area contributed by atoms with Gasteiger partial charge in [0.25, 0.3) is 0 Å². The van der Waals surface area contributed by atoms with Gasteiger partial charge in [0.15, 0.2) is 0 Å². The number of nitrogens with two attached hydrogens (primary N) is 1. The quantitative estimate of drug-likeness (QED) is 0.798. The van der Waals surface area contributed by atoms with Gasteiger partial charge in [0.05, 0.1) is 0 Å². The van der Waals surface area contributed by atoms with Crippen LogP contribution in [0.5, 0.6) is 0 Å². The molecule has 0 aliphatic heterocycles. The minimum absolute atomic E-state index is 0.395. The van der Waals surface area contributed by atoms with Gasteiger partial charge in [-0.1, -0.05) is 50.5 Å². The third-order valence-electron chi connectivity index (χ3n) is 4.26. The van der Waals surface area contributed by atoms with E-state index in [0.29, 0.717) is 27.9 Å². The van der Waals surface area contributed by atoms with Gasteiger partial charge in [-0.25, -0.2) is 0 Å². The summed E-state index contributed by atoms with van der Waals surface area (Å²) in [7, 11) is 0. The lowest BCUT2D eigenvalue weighted by Gasteiger charge is -2.36. The monoisotopic (exact) mass is 310 g/mol. The van der Waals surface area contributed by atoms with Crippen LogP contribution in [0.4, 0.5) is 5.69 Å². The summed E-state index contributed by atoms with van der Waals surface area (Å²) in [6.45, 7) is 4.61. The third-order valence-corrected chi connectivity index (χ3v) is 4.72. The molecule has 1 aliphatic rings. The van der Waals surface area contributed by atoms with Crippen LogP contribution in [0.25, 0.3) is 0 Å². The molecule has 4 heteroatoms. The Labute approximate surface area is 132 Å². The summed E-state index contributed by atoms with van der Waals surface area (Å²) in [4.78, 5) is 0.395. The van der Waals surface area contributed by atoms with E-state index in [9.17, 15) is 0 Å². The number of nitrogens with one attached hydrogen (secondary N) is 1. The minimum atomic E-state index is 0.395. The molecule has 0 aromatic heterocycles. The van der Waals surface area contributed by atoms with Crippen molar-refractivity contribution in [2.75, 3.05) is 5.32 Å². The van der Waals surface area contributed by atoms with Gasteiger partial charge in [0.2, 0.25) is 0 Å². The zero-order valence-corrected chi connectivity index (χ0v) is 13.7. The smallest absolute Gasteiger partial charge is 0.106 e. The first-order valence-electron chi connectivity index (χ1n) is 7.35. The van der Waals surface area contributed by atoms with Crippen LogP contribution in [0.15, 0.2) is 18.2 Å². The first-order valence-corrected chi connectivity index (χ1v) is 8.13. The Kier molecular flexibility index (Phi) is 5.28. The fraction of sp³-hybridized carbons (Fsp3) is 0.562. The van der Waals surface area contributed by atoms with Gasteiger partial charge in [0, 0.05) is 22.3 Å². The van der Waals surface area contributed by atoms with Crippen LogP contribution in [0, 0.1) is 11.8 Å². The fourth-order valence-corrected chi connectivity index (χ4v) is 3.52. The maximum absolute atomic E-state index is 6.04. The maximum Gasteiger partial charge on any atom is 0.106 e. The molecule has 1 aliphatic carbocycles. The number of rotatable bonds is 4. The first-order chi connectivity index (χ1) is 9.49. The van der Waals surface area contributed by atoms with Gasteiger partial charge in [-0.2, -0.15) is 0 Å². The fourth-order valence-electron chi connectivity index (χ4n) is 3.18. The van der Waals surface area contributed by atoms with Crippen LogP contribution >= 0.6 is 23.8 Å². The molecule has 2 atom stereocenters. The van der Waals surface area contributed by atoms with E-state index < -0.39 is 0 Å². The van der Waals surface area contributed by atoms with Gasteiger partial charge in [-0.3, -0.25) is 0 Å². The highest BCUT2D eigenvalue weighted by atomic mass is 35.5. The van der Waals surface area contributed by atoms with Gasteiger partial charge in [0.1, 0.15) is 4.99 Å². The Morgan fingerprint density at radius 3 is 2.70 bits per heavy atom. The first kappa shape index (κ1) is 15.6. The predicted octanol–water partition coefficient (Wildman–Crippen LogP) is 4.60. The molecular weight excluding hydrogens is 288 g/mol. The van der Waals surface area contributed by atoms with Crippen molar-refractivity contribution >= 4 is 34.5 Å². The van der Waals surface area contributed by atoms with E-state index in [4.69, 9.17) is 29.6 Å². The number of benzene rings is 1. The summed E-state index contributed by atoms with van der Waals surface area (Å²) < 4.78 is 0. The van der Waals surface area contributed by atoms with E-state index in [-0.39, 0.29) is 0 Å². The highest BCUT2D eigenvalue weighted by Crippen LogP contribution is 2.33. The summed E-state index contributed by atoms with van der Waals surface area (Å²) in [6.07, 6.45) is 5.13. The highest BCUT2D eigenvalue weighted by molar-refractivity contribution is 7.80. The normalized spacial score (nSPS) is 22.8. The molecule has 0 saturated heterocycles. The van der Waals surface area contributed by atoms with Gasteiger partial charge >= 0.3 is 0 Å². The lowest BCUT2D eigenvalue weighted by atomic mass is 9.77. The molecule has 3 N–H and O–H groups in total. The van der Waals surface area contributed by atoms with E-state index >= 15 is 0 Å². The van der Waals surface area contributed by atoms with E-state index in [2.05, 4.69) is 19.2 Å². The van der Waals surface area contributed by atoms with E-state index in [1.54, 1.807) is 0 Å². The molecule has 1 fully saturated rings. The summed E-state index contributed by atoms with van der Waals surface area (Å²) in [5, 5.41) is 4.33. The molecule has 2 unspecified atom stereocenters. The second-order valence-electron chi connectivity index (χ2n) is 6.00. The standard InChI is InChI=1S/C16H23ClN2S/c1-10(2)12-5-3-4-6-14(12)19-15-8-7-11(17)9-13(15)16(18)20/h7-10,12,14,19H,3-6H2,1-2H3,(H2,18,20). The number of hydrogen-bond acceptors (Lipinski definition) is 2. The molecule has 2 rings (SSSR count). The van der Waals surface area contributed by atoms with Gasteiger partial charge in [-0.15, -0.1) is 0 Å². The zero-order valence-electron chi connectivity index (χ0n) is 12.2. The summed E-state index contributed by atoms with van der Waals surface area (Å²) in [5.74, 6) is 1.40. The molecule has 0 radical (unpaired) electrons. The van der Waals surface area contributed by atoms with E-state index in [0.717, 1.165) is 11.3 Å². The van der Waals surface area contributed by atoms with Crippen LogP contribution in [0.3, 0.4) is 0 Å². The lowest BCUT2D eigenvalue weighted by Crippen LogP contribution is -2.35. The van der Waals surface area contributed by atoms with Gasteiger partial charge in [-0.05, 0) is 42.9 Å². The summed E-state index contributed by atoms with van der Waals surface area (Å²) >= 11 is 11.2. The molecule has 1 aromatic carbocycles. The molecule has 1 saturated carbocycles. The lowest BCUT2D eigenvalue weighted by molar-refractivity contribution is 0.254. The molecular formula is C16H23ClN2S. The topological polar surface area (TPSA) is 38.0 Å². The summed E-state index contributed by atoms with van der Waals surface area (Å²) in [6, 6.07) is 6.22. The predicted molar refractivity (Wildman–Crippen MR) is 91.5 cm³/mol. The maximum atomic E-state index is 6.04. The molecule has 20 heavy (non-hydrogen) atoms. The second kappa shape index (κ2) is 6.77. The highest BCUT2D eigenvalue weighted by Gasteiger charge is 2.27. The molecule has 0 spiro atoms. The number of thiocarbonyl (C=S) groups is 1. The Morgan fingerprint density at radius 1 is 1.35 bits per heavy atom. The Balaban J connectivity index is 2.22. The Morgan fingerprint density at radius 2 is 2.05 bits per heavy atom. The number of anilines is 1. The van der Waals surface area contributed by atoms with Crippen molar-refractivity contribution in [2.45, 2.75) is 45.6 Å². The van der Waals surface area contributed by atoms with Crippen LogP contribution in [0.2, 0.25) is 5.02 Å². The Hall–Kier alpha value is -0.800. The van der Waals surface area contributed by atoms with Crippen molar-refractivity contribution in [1.29, 1.82) is 0 Å². The molecule has 0 heterocycles.